The number of nitrogen functional groups attached to an aromatic ring is 1. The molecule has 22 heavy (non-hydrogen) atoms. The smallest absolute Gasteiger partial charge is 0.220 e. The first-order valence-corrected chi connectivity index (χ1v) is 8.67. The van der Waals surface area contributed by atoms with Crippen LogP contribution in [0.2, 0.25) is 5.15 Å². The number of nitrogens with two attached hydrogens (primary N) is 1. The molecule has 4 nitrogen and oxygen atoms in total. The SMILES string of the molecule is CCCCCCCCCCc1nc(N)nc2ccc(Cl)nc12. The Morgan fingerprint density at radius 2 is 1.59 bits per heavy atom. The highest BCUT2D eigenvalue weighted by Crippen LogP contribution is 2.19. The Hall–Kier alpha value is -1.42. The van der Waals surface area contributed by atoms with Crippen LogP contribution in [0.15, 0.2) is 12.1 Å². The summed E-state index contributed by atoms with van der Waals surface area (Å²) in [7, 11) is 0. The van der Waals surface area contributed by atoms with Gasteiger partial charge >= 0.3 is 0 Å². The third kappa shape index (κ3) is 5.09. The molecular weight excluding hydrogens is 296 g/mol. The number of fused-ring (bicyclic) bond motifs is 1. The van der Waals surface area contributed by atoms with E-state index in [1.807, 2.05) is 6.07 Å². The second kappa shape index (κ2) is 8.89. The van der Waals surface area contributed by atoms with Crippen LogP contribution in [0, 0.1) is 0 Å². The standard InChI is InChI=1S/C17H25ClN4/c1-2-3-4-5-6-7-8-9-10-13-16-14(21-17(19)20-13)11-12-15(18)22-16/h11-12H,2-10H2,1H3,(H2,19,20,21). The molecule has 0 fully saturated rings. The Bertz CT molecular complexity index is 600. The van der Waals surface area contributed by atoms with Crippen LogP contribution < -0.4 is 5.73 Å². The molecule has 2 heterocycles. The van der Waals surface area contributed by atoms with E-state index in [-0.39, 0.29) is 0 Å². The molecule has 2 aromatic rings. The number of pyridine rings is 1. The number of rotatable bonds is 9. The van der Waals surface area contributed by atoms with Crippen LogP contribution in [-0.2, 0) is 6.42 Å². The van der Waals surface area contributed by atoms with Gasteiger partial charge in [0.15, 0.2) is 0 Å². The monoisotopic (exact) mass is 320 g/mol. The van der Waals surface area contributed by atoms with Crippen LogP contribution in [0.5, 0.6) is 0 Å². The molecule has 5 heteroatoms. The molecule has 0 aliphatic carbocycles. The molecule has 0 unspecified atom stereocenters. The minimum Gasteiger partial charge on any atom is -0.368 e. The van der Waals surface area contributed by atoms with Gasteiger partial charge in [-0.25, -0.2) is 15.0 Å². The Morgan fingerprint density at radius 3 is 2.32 bits per heavy atom. The first kappa shape index (κ1) is 16.9. The Kier molecular flexibility index (Phi) is 6.84. The number of aryl methyl sites for hydroxylation is 1. The lowest BCUT2D eigenvalue weighted by Crippen LogP contribution is -2.02. The maximum absolute atomic E-state index is 5.98. The number of anilines is 1. The van der Waals surface area contributed by atoms with Gasteiger partial charge in [-0.15, -0.1) is 0 Å². The first-order chi connectivity index (χ1) is 10.7. The second-order valence-electron chi connectivity index (χ2n) is 5.76. The molecule has 2 aromatic heterocycles. The molecule has 0 spiro atoms. The molecule has 2 N–H and O–H groups in total. The highest BCUT2D eigenvalue weighted by atomic mass is 35.5. The summed E-state index contributed by atoms with van der Waals surface area (Å²) in [5, 5.41) is 0.470. The van der Waals surface area contributed by atoms with E-state index in [9.17, 15) is 0 Å². The van der Waals surface area contributed by atoms with Crippen LogP contribution in [0.3, 0.4) is 0 Å². The molecule has 0 aliphatic rings. The van der Waals surface area contributed by atoms with E-state index in [0.29, 0.717) is 11.1 Å². The maximum Gasteiger partial charge on any atom is 0.220 e. The van der Waals surface area contributed by atoms with Gasteiger partial charge in [-0.05, 0) is 25.0 Å². The highest BCUT2D eigenvalue weighted by Gasteiger charge is 2.08. The minimum atomic E-state index is 0.311. The molecule has 0 atom stereocenters. The van der Waals surface area contributed by atoms with Gasteiger partial charge in [0.1, 0.15) is 10.7 Å². The van der Waals surface area contributed by atoms with Crippen LogP contribution in [0.25, 0.3) is 11.0 Å². The number of unbranched alkanes of at least 4 members (excludes halogenated alkanes) is 7. The normalized spacial score (nSPS) is 11.2. The van der Waals surface area contributed by atoms with Crippen molar-refractivity contribution in [1.82, 2.24) is 15.0 Å². The number of nitrogens with zero attached hydrogens (tertiary/aromatic N) is 3. The quantitative estimate of drug-likeness (QED) is 0.524. The lowest BCUT2D eigenvalue weighted by Gasteiger charge is -2.06. The number of halogens is 1. The van der Waals surface area contributed by atoms with E-state index in [1.54, 1.807) is 6.07 Å². The van der Waals surface area contributed by atoms with Crippen molar-refractivity contribution in [1.29, 1.82) is 0 Å². The average molecular weight is 321 g/mol. The van der Waals surface area contributed by atoms with Crippen molar-refractivity contribution in [2.75, 3.05) is 5.73 Å². The molecule has 0 saturated carbocycles. The van der Waals surface area contributed by atoms with Gasteiger partial charge in [0.05, 0.1) is 11.2 Å². The van der Waals surface area contributed by atoms with Gasteiger partial charge in [-0.1, -0.05) is 63.5 Å². The summed E-state index contributed by atoms with van der Waals surface area (Å²) in [5.74, 6) is 0.311. The summed E-state index contributed by atoms with van der Waals surface area (Å²) in [6.07, 6.45) is 11.2. The molecule has 0 aliphatic heterocycles. The van der Waals surface area contributed by atoms with Gasteiger partial charge in [0.2, 0.25) is 5.95 Å². The van der Waals surface area contributed by atoms with Gasteiger partial charge < -0.3 is 5.73 Å². The number of hydrogen-bond donors (Lipinski definition) is 1. The first-order valence-electron chi connectivity index (χ1n) is 8.29. The van der Waals surface area contributed by atoms with Crippen molar-refractivity contribution in [2.24, 2.45) is 0 Å². The van der Waals surface area contributed by atoms with Crippen LogP contribution in [0.4, 0.5) is 5.95 Å². The zero-order valence-electron chi connectivity index (χ0n) is 13.3. The summed E-state index contributed by atoms with van der Waals surface area (Å²) in [6.45, 7) is 2.25. The fourth-order valence-corrected chi connectivity index (χ4v) is 2.82. The molecule has 0 amide bonds. The van der Waals surface area contributed by atoms with Gasteiger partial charge in [-0.2, -0.15) is 0 Å². The second-order valence-corrected chi connectivity index (χ2v) is 6.14. The fourth-order valence-electron chi connectivity index (χ4n) is 2.67. The topological polar surface area (TPSA) is 64.7 Å². The van der Waals surface area contributed by atoms with E-state index in [2.05, 4.69) is 21.9 Å². The van der Waals surface area contributed by atoms with Crippen molar-refractivity contribution in [3.05, 3.63) is 23.0 Å². The van der Waals surface area contributed by atoms with E-state index >= 15 is 0 Å². The largest absolute Gasteiger partial charge is 0.368 e. The Labute approximate surface area is 137 Å². The predicted molar refractivity (Wildman–Crippen MR) is 93.1 cm³/mol. The molecule has 0 radical (unpaired) electrons. The average Bonchev–Trinajstić information content (AvgIpc) is 2.50. The molecule has 120 valence electrons. The van der Waals surface area contributed by atoms with Crippen molar-refractivity contribution in [3.63, 3.8) is 0 Å². The van der Waals surface area contributed by atoms with Crippen LogP contribution in [-0.4, -0.2) is 15.0 Å². The summed E-state index contributed by atoms with van der Waals surface area (Å²) in [6, 6.07) is 3.58. The summed E-state index contributed by atoms with van der Waals surface area (Å²) in [4.78, 5) is 12.9. The third-order valence-corrected chi connectivity index (χ3v) is 4.08. The summed E-state index contributed by atoms with van der Waals surface area (Å²) in [5.41, 5.74) is 8.24. The zero-order valence-corrected chi connectivity index (χ0v) is 14.1. The molecular formula is C17H25ClN4. The Balaban J connectivity index is 1.85. The fraction of sp³-hybridized carbons (Fsp3) is 0.588. The van der Waals surface area contributed by atoms with Crippen molar-refractivity contribution < 1.29 is 0 Å². The lowest BCUT2D eigenvalue weighted by atomic mass is 10.1. The molecule has 2 rings (SSSR count). The van der Waals surface area contributed by atoms with Gasteiger partial charge in [-0.3, -0.25) is 0 Å². The maximum atomic E-state index is 5.98. The number of aromatic nitrogens is 3. The van der Waals surface area contributed by atoms with Gasteiger partial charge in [0, 0.05) is 0 Å². The highest BCUT2D eigenvalue weighted by molar-refractivity contribution is 6.29. The minimum absolute atomic E-state index is 0.311. The molecule has 0 aromatic carbocycles. The zero-order chi connectivity index (χ0) is 15.8. The molecule has 0 saturated heterocycles. The molecule has 0 bridgehead atoms. The van der Waals surface area contributed by atoms with E-state index in [0.717, 1.165) is 29.6 Å². The van der Waals surface area contributed by atoms with Crippen LogP contribution >= 0.6 is 11.6 Å². The lowest BCUT2D eigenvalue weighted by molar-refractivity contribution is 0.574. The predicted octanol–water partition coefficient (Wildman–Crippen LogP) is 4.94. The van der Waals surface area contributed by atoms with Crippen molar-refractivity contribution >= 4 is 28.6 Å². The van der Waals surface area contributed by atoms with E-state index in [1.165, 1.54) is 44.9 Å². The Morgan fingerprint density at radius 1 is 0.909 bits per heavy atom. The summed E-state index contributed by atoms with van der Waals surface area (Å²) >= 11 is 5.98. The third-order valence-electron chi connectivity index (χ3n) is 3.86. The van der Waals surface area contributed by atoms with Gasteiger partial charge in [0.25, 0.3) is 0 Å². The van der Waals surface area contributed by atoms with E-state index in [4.69, 9.17) is 17.3 Å². The van der Waals surface area contributed by atoms with E-state index < -0.39 is 0 Å². The van der Waals surface area contributed by atoms with Crippen LogP contribution in [0.1, 0.15) is 64.0 Å². The van der Waals surface area contributed by atoms with Crippen molar-refractivity contribution in [2.45, 2.75) is 64.7 Å². The van der Waals surface area contributed by atoms with Crippen molar-refractivity contribution in [3.8, 4) is 0 Å². The number of hydrogen-bond acceptors (Lipinski definition) is 4. The summed E-state index contributed by atoms with van der Waals surface area (Å²) < 4.78 is 0.